The van der Waals surface area contributed by atoms with Crippen LogP contribution in [0.25, 0.3) is 0 Å². The Balaban J connectivity index is 1.52. The molecule has 1 saturated heterocycles. The SMILES string of the molecule is Cc1ccccc1CC(=O)N1CCC(C(=O)Nc2ccc(F)c(F)c2)CC1. The molecule has 2 aromatic carbocycles. The monoisotopic (exact) mass is 372 g/mol. The van der Waals surface area contributed by atoms with E-state index in [1.165, 1.54) is 6.07 Å². The fraction of sp³-hybridized carbons (Fsp3) is 0.333. The maximum absolute atomic E-state index is 13.2. The van der Waals surface area contributed by atoms with Crippen molar-refractivity contribution in [3.63, 3.8) is 0 Å². The lowest BCUT2D eigenvalue weighted by Gasteiger charge is -2.31. The van der Waals surface area contributed by atoms with Gasteiger partial charge in [0.05, 0.1) is 6.42 Å². The molecule has 0 aromatic heterocycles. The number of piperidine rings is 1. The van der Waals surface area contributed by atoms with Gasteiger partial charge in [-0.15, -0.1) is 0 Å². The van der Waals surface area contributed by atoms with Crippen LogP contribution in [0.2, 0.25) is 0 Å². The average Bonchev–Trinajstić information content (AvgIpc) is 2.66. The second-order valence-electron chi connectivity index (χ2n) is 6.88. The lowest BCUT2D eigenvalue weighted by atomic mass is 9.95. The van der Waals surface area contributed by atoms with Gasteiger partial charge in [-0.05, 0) is 43.0 Å². The van der Waals surface area contributed by atoms with E-state index in [0.29, 0.717) is 32.4 Å². The van der Waals surface area contributed by atoms with Crippen molar-refractivity contribution in [3.05, 3.63) is 65.2 Å². The largest absolute Gasteiger partial charge is 0.342 e. The van der Waals surface area contributed by atoms with Gasteiger partial charge in [-0.2, -0.15) is 0 Å². The summed E-state index contributed by atoms with van der Waals surface area (Å²) >= 11 is 0. The van der Waals surface area contributed by atoms with E-state index >= 15 is 0 Å². The lowest BCUT2D eigenvalue weighted by molar-refractivity contribution is -0.133. The summed E-state index contributed by atoms with van der Waals surface area (Å²) in [5, 5.41) is 2.62. The number of benzene rings is 2. The van der Waals surface area contributed by atoms with Gasteiger partial charge in [0.15, 0.2) is 11.6 Å². The normalized spacial score (nSPS) is 14.9. The van der Waals surface area contributed by atoms with Crippen LogP contribution in [0, 0.1) is 24.5 Å². The van der Waals surface area contributed by atoms with Crippen LogP contribution in [0.15, 0.2) is 42.5 Å². The molecule has 2 amide bonds. The first-order chi connectivity index (χ1) is 12.9. The molecule has 1 fully saturated rings. The van der Waals surface area contributed by atoms with Gasteiger partial charge < -0.3 is 10.2 Å². The zero-order valence-electron chi connectivity index (χ0n) is 15.2. The van der Waals surface area contributed by atoms with Crippen LogP contribution in [0.4, 0.5) is 14.5 Å². The first kappa shape index (κ1) is 19.0. The van der Waals surface area contributed by atoms with Crippen molar-refractivity contribution in [2.45, 2.75) is 26.2 Å². The third-order valence-electron chi connectivity index (χ3n) is 5.01. The van der Waals surface area contributed by atoms with E-state index in [1.807, 2.05) is 31.2 Å². The third kappa shape index (κ3) is 4.70. The molecule has 1 N–H and O–H groups in total. The Morgan fingerprint density at radius 2 is 1.78 bits per heavy atom. The van der Waals surface area contributed by atoms with E-state index in [0.717, 1.165) is 23.3 Å². The molecule has 0 atom stereocenters. The molecule has 0 radical (unpaired) electrons. The van der Waals surface area contributed by atoms with Crippen LogP contribution in [0.3, 0.4) is 0 Å². The van der Waals surface area contributed by atoms with E-state index in [2.05, 4.69) is 5.32 Å². The highest BCUT2D eigenvalue weighted by Gasteiger charge is 2.27. The van der Waals surface area contributed by atoms with Crippen molar-refractivity contribution in [3.8, 4) is 0 Å². The van der Waals surface area contributed by atoms with Crippen LogP contribution in [-0.2, 0) is 16.0 Å². The highest BCUT2D eigenvalue weighted by molar-refractivity contribution is 5.92. The van der Waals surface area contributed by atoms with Gasteiger partial charge in [0.2, 0.25) is 11.8 Å². The molecule has 6 heteroatoms. The number of halogens is 2. The summed E-state index contributed by atoms with van der Waals surface area (Å²) in [5.74, 6) is -2.37. The summed E-state index contributed by atoms with van der Waals surface area (Å²) in [6.45, 7) is 3.01. The zero-order chi connectivity index (χ0) is 19.4. The number of nitrogens with zero attached hydrogens (tertiary/aromatic N) is 1. The van der Waals surface area contributed by atoms with Gasteiger partial charge in [-0.1, -0.05) is 24.3 Å². The van der Waals surface area contributed by atoms with Crippen LogP contribution < -0.4 is 5.32 Å². The molecule has 0 aliphatic carbocycles. The lowest BCUT2D eigenvalue weighted by Crippen LogP contribution is -2.42. The molecule has 0 bridgehead atoms. The molecule has 4 nitrogen and oxygen atoms in total. The second kappa shape index (κ2) is 8.29. The Hall–Kier alpha value is -2.76. The summed E-state index contributed by atoms with van der Waals surface area (Å²) in [6, 6.07) is 11.1. The number of amides is 2. The van der Waals surface area contributed by atoms with E-state index in [1.54, 1.807) is 4.90 Å². The molecule has 3 rings (SSSR count). The van der Waals surface area contributed by atoms with Crippen molar-refractivity contribution >= 4 is 17.5 Å². The summed E-state index contributed by atoms with van der Waals surface area (Å²) < 4.78 is 26.2. The van der Waals surface area contributed by atoms with Crippen molar-refractivity contribution < 1.29 is 18.4 Å². The fourth-order valence-corrected chi connectivity index (χ4v) is 3.29. The summed E-state index contributed by atoms with van der Waals surface area (Å²) in [5.41, 5.74) is 2.34. The Labute approximate surface area is 157 Å². The van der Waals surface area contributed by atoms with Gasteiger partial charge in [-0.25, -0.2) is 8.78 Å². The zero-order valence-corrected chi connectivity index (χ0v) is 15.2. The van der Waals surface area contributed by atoms with Gasteiger partial charge in [0.25, 0.3) is 0 Å². The molecular weight excluding hydrogens is 350 g/mol. The van der Waals surface area contributed by atoms with E-state index < -0.39 is 11.6 Å². The molecule has 1 aliphatic rings. The molecule has 1 aliphatic heterocycles. The molecule has 27 heavy (non-hydrogen) atoms. The number of anilines is 1. The number of rotatable bonds is 4. The van der Waals surface area contributed by atoms with Crippen molar-refractivity contribution in [1.29, 1.82) is 0 Å². The number of likely N-dealkylation sites (tertiary alicyclic amines) is 1. The van der Waals surface area contributed by atoms with E-state index in [-0.39, 0.29) is 23.4 Å². The van der Waals surface area contributed by atoms with Crippen LogP contribution in [-0.4, -0.2) is 29.8 Å². The summed E-state index contributed by atoms with van der Waals surface area (Å²) in [4.78, 5) is 26.6. The quantitative estimate of drug-likeness (QED) is 0.890. The van der Waals surface area contributed by atoms with E-state index in [9.17, 15) is 18.4 Å². The van der Waals surface area contributed by atoms with Crippen molar-refractivity contribution in [1.82, 2.24) is 4.90 Å². The summed E-state index contributed by atoms with van der Waals surface area (Å²) in [6.07, 6.45) is 1.46. The fourth-order valence-electron chi connectivity index (χ4n) is 3.29. The second-order valence-corrected chi connectivity index (χ2v) is 6.88. The summed E-state index contributed by atoms with van der Waals surface area (Å²) in [7, 11) is 0. The predicted molar refractivity (Wildman–Crippen MR) is 99.2 cm³/mol. The highest BCUT2D eigenvalue weighted by Crippen LogP contribution is 2.21. The van der Waals surface area contributed by atoms with Gasteiger partial charge in [0, 0.05) is 30.8 Å². The van der Waals surface area contributed by atoms with Gasteiger partial charge in [0.1, 0.15) is 0 Å². The maximum atomic E-state index is 13.2. The van der Waals surface area contributed by atoms with Crippen molar-refractivity contribution in [2.24, 2.45) is 5.92 Å². The van der Waals surface area contributed by atoms with Crippen LogP contribution in [0.1, 0.15) is 24.0 Å². The molecule has 0 unspecified atom stereocenters. The maximum Gasteiger partial charge on any atom is 0.227 e. The predicted octanol–water partition coefficient (Wildman–Crippen LogP) is 3.69. The number of carbonyl (C=O) groups is 2. The smallest absolute Gasteiger partial charge is 0.227 e. The topological polar surface area (TPSA) is 49.4 Å². The number of nitrogens with one attached hydrogen (secondary N) is 1. The number of hydrogen-bond donors (Lipinski definition) is 1. The van der Waals surface area contributed by atoms with Gasteiger partial charge >= 0.3 is 0 Å². The first-order valence-electron chi connectivity index (χ1n) is 9.02. The van der Waals surface area contributed by atoms with Crippen molar-refractivity contribution in [2.75, 3.05) is 18.4 Å². The molecule has 142 valence electrons. The highest BCUT2D eigenvalue weighted by atomic mass is 19.2. The van der Waals surface area contributed by atoms with Crippen LogP contribution >= 0.6 is 0 Å². The van der Waals surface area contributed by atoms with E-state index in [4.69, 9.17) is 0 Å². The Bertz CT molecular complexity index is 846. The Morgan fingerprint density at radius 3 is 2.44 bits per heavy atom. The average molecular weight is 372 g/mol. The number of hydrogen-bond acceptors (Lipinski definition) is 2. The molecule has 0 saturated carbocycles. The minimum absolute atomic E-state index is 0.0590. The Kier molecular flexibility index (Phi) is 5.84. The molecule has 2 aromatic rings. The third-order valence-corrected chi connectivity index (χ3v) is 5.01. The Morgan fingerprint density at radius 1 is 1.07 bits per heavy atom. The molecule has 1 heterocycles. The van der Waals surface area contributed by atoms with Crippen LogP contribution in [0.5, 0.6) is 0 Å². The first-order valence-corrected chi connectivity index (χ1v) is 9.02. The molecular formula is C21H22F2N2O2. The minimum atomic E-state index is -0.996. The molecule has 0 spiro atoms. The van der Waals surface area contributed by atoms with Gasteiger partial charge in [-0.3, -0.25) is 9.59 Å². The number of aryl methyl sites for hydroxylation is 1. The number of carbonyl (C=O) groups excluding carboxylic acids is 2. The standard InChI is InChI=1S/C21H22F2N2O2/c1-14-4-2-3-5-16(14)12-20(26)25-10-8-15(9-11-25)21(27)24-17-6-7-18(22)19(23)13-17/h2-7,13,15H,8-12H2,1H3,(H,24,27). The minimum Gasteiger partial charge on any atom is -0.342 e.